The normalized spacial score (nSPS) is 13.5. The molecule has 1 saturated heterocycles. The fraction of sp³-hybridized carbons (Fsp3) is 0.207. The van der Waals surface area contributed by atoms with Gasteiger partial charge in [-0.15, -0.1) is 0 Å². The van der Waals surface area contributed by atoms with E-state index in [1.807, 2.05) is 77.7 Å². The van der Waals surface area contributed by atoms with Crippen molar-refractivity contribution in [1.82, 2.24) is 10.2 Å². The third kappa shape index (κ3) is 6.79. The zero-order valence-corrected chi connectivity index (χ0v) is 21.1. The number of anilines is 2. The smallest absolute Gasteiger partial charge is 0.257 e. The topological polar surface area (TPSA) is 64.7 Å². The monoisotopic (exact) mass is 498 g/mol. The summed E-state index contributed by atoms with van der Waals surface area (Å²) < 4.78 is 0. The maximum absolute atomic E-state index is 12.5. The molecule has 3 aromatic carbocycles. The Hall–Kier alpha value is -3.97. The second kappa shape index (κ2) is 12.1. The lowest BCUT2D eigenvalue weighted by atomic mass is 10.1. The molecule has 1 aliphatic heterocycles. The SMILES string of the molecule is CCc1ccc(C(=O)NC(=S)Nc2ccc(N3CCN(C(=O)/C=C/c4ccccc4)CC3)cc2)cc1. The van der Waals surface area contributed by atoms with Crippen molar-refractivity contribution in [1.29, 1.82) is 0 Å². The molecule has 0 aliphatic carbocycles. The maximum atomic E-state index is 12.5. The van der Waals surface area contributed by atoms with Gasteiger partial charge in [0.2, 0.25) is 5.91 Å². The van der Waals surface area contributed by atoms with Crippen LogP contribution in [-0.4, -0.2) is 48.0 Å². The quantitative estimate of drug-likeness (QED) is 0.380. The highest BCUT2D eigenvalue weighted by atomic mass is 32.1. The Morgan fingerprint density at radius 2 is 1.56 bits per heavy atom. The summed E-state index contributed by atoms with van der Waals surface area (Å²) >= 11 is 5.31. The van der Waals surface area contributed by atoms with Gasteiger partial charge in [0.1, 0.15) is 0 Å². The first-order valence-electron chi connectivity index (χ1n) is 12.1. The average Bonchev–Trinajstić information content (AvgIpc) is 2.93. The summed E-state index contributed by atoms with van der Waals surface area (Å²) in [4.78, 5) is 29.1. The summed E-state index contributed by atoms with van der Waals surface area (Å²) in [5.74, 6) is -0.201. The van der Waals surface area contributed by atoms with E-state index in [-0.39, 0.29) is 16.9 Å². The number of aryl methyl sites for hydroxylation is 1. The fourth-order valence-electron chi connectivity index (χ4n) is 4.01. The number of carbonyl (C=O) groups excluding carboxylic acids is 2. The van der Waals surface area contributed by atoms with E-state index in [0.717, 1.165) is 36.4 Å². The van der Waals surface area contributed by atoms with Gasteiger partial charge < -0.3 is 15.1 Å². The minimum atomic E-state index is -0.238. The first-order valence-corrected chi connectivity index (χ1v) is 12.5. The lowest BCUT2D eigenvalue weighted by Crippen LogP contribution is -2.48. The molecular weight excluding hydrogens is 468 g/mol. The van der Waals surface area contributed by atoms with E-state index in [1.54, 1.807) is 18.2 Å². The molecule has 0 saturated carbocycles. The molecule has 0 aromatic heterocycles. The van der Waals surface area contributed by atoms with Crippen LogP contribution in [0.1, 0.15) is 28.4 Å². The number of rotatable bonds is 6. The van der Waals surface area contributed by atoms with E-state index in [2.05, 4.69) is 22.5 Å². The molecule has 2 N–H and O–H groups in total. The van der Waals surface area contributed by atoms with Crippen LogP contribution in [0.4, 0.5) is 11.4 Å². The number of amides is 2. The van der Waals surface area contributed by atoms with Crippen LogP contribution in [0.25, 0.3) is 6.08 Å². The fourth-order valence-corrected chi connectivity index (χ4v) is 4.22. The van der Waals surface area contributed by atoms with Crippen molar-refractivity contribution in [3.05, 3.63) is 102 Å². The van der Waals surface area contributed by atoms with Crippen LogP contribution in [0.2, 0.25) is 0 Å². The second-order valence-corrected chi connectivity index (χ2v) is 8.97. The summed E-state index contributed by atoms with van der Waals surface area (Å²) in [6, 6.07) is 25.2. The van der Waals surface area contributed by atoms with Crippen molar-refractivity contribution in [2.45, 2.75) is 13.3 Å². The third-order valence-corrected chi connectivity index (χ3v) is 6.36. The largest absolute Gasteiger partial charge is 0.368 e. The summed E-state index contributed by atoms with van der Waals surface area (Å²) in [6.07, 6.45) is 4.43. The van der Waals surface area contributed by atoms with Gasteiger partial charge >= 0.3 is 0 Å². The van der Waals surface area contributed by atoms with Crippen LogP contribution in [-0.2, 0) is 11.2 Å². The minimum Gasteiger partial charge on any atom is -0.368 e. The molecule has 0 atom stereocenters. The number of nitrogens with one attached hydrogen (secondary N) is 2. The molecule has 184 valence electrons. The second-order valence-electron chi connectivity index (χ2n) is 8.56. The molecule has 36 heavy (non-hydrogen) atoms. The van der Waals surface area contributed by atoms with Crippen molar-refractivity contribution in [3.63, 3.8) is 0 Å². The zero-order chi connectivity index (χ0) is 25.3. The van der Waals surface area contributed by atoms with Crippen molar-refractivity contribution < 1.29 is 9.59 Å². The first kappa shape index (κ1) is 25.1. The summed E-state index contributed by atoms with van der Waals surface area (Å²) in [5, 5.41) is 6.04. The number of hydrogen-bond acceptors (Lipinski definition) is 4. The van der Waals surface area contributed by atoms with Crippen molar-refractivity contribution in [2.75, 3.05) is 36.4 Å². The van der Waals surface area contributed by atoms with Gasteiger partial charge in [-0.1, -0.05) is 49.4 Å². The highest BCUT2D eigenvalue weighted by Gasteiger charge is 2.20. The van der Waals surface area contributed by atoms with Gasteiger partial charge in [-0.05, 0) is 72.2 Å². The molecule has 0 unspecified atom stereocenters. The van der Waals surface area contributed by atoms with E-state index in [9.17, 15) is 9.59 Å². The molecular formula is C29H30N4O2S. The Morgan fingerprint density at radius 1 is 0.889 bits per heavy atom. The molecule has 3 aromatic rings. The molecule has 1 heterocycles. The number of carbonyl (C=O) groups is 2. The van der Waals surface area contributed by atoms with Gasteiger partial charge in [0.25, 0.3) is 5.91 Å². The van der Waals surface area contributed by atoms with Gasteiger partial charge in [0.05, 0.1) is 0 Å². The number of benzene rings is 3. The Kier molecular flexibility index (Phi) is 8.47. The van der Waals surface area contributed by atoms with E-state index < -0.39 is 0 Å². The predicted octanol–water partition coefficient (Wildman–Crippen LogP) is 4.74. The lowest BCUT2D eigenvalue weighted by Gasteiger charge is -2.35. The van der Waals surface area contributed by atoms with Crippen molar-refractivity contribution in [3.8, 4) is 0 Å². The minimum absolute atomic E-state index is 0.0370. The van der Waals surface area contributed by atoms with Crippen LogP contribution < -0.4 is 15.5 Å². The van der Waals surface area contributed by atoms with Gasteiger partial charge in [-0.25, -0.2) is 0 Å². The number of hydrogen-bond donors (Lipinski definition) is 2. The van der Waals surface area contributed by atoms with Gasteiger partial charge in [-0.3, -0.25) is 14.9 Å². The molecule has 6 nitrogen and oxygen atoms in total. The van der Waals surface area contributed by atoms with Crippen molar-refractivity contribution >= 4 is 46.6 Å². The molecule has 2 amide bonds. The Balaban J connectivity index is 1.24. The van der Waals surface area contributed by atoms with E-state index in [0.29, 0.717) is 18.7 Å². The Labute approximate surface area is 217 Å². The molecule has 1 fully saturated rings. The third-order valence-electron chi connectivity index (χ3n) is 6.15. The van der Waals surface area contributed by atoms with Gasteiger partial charge in [0, 0.05) is 49.2 Å². The van der Waals surface area contributed by atoms with Crippen LogP contribution >= 0.6 is 12.2 Å². The standard InChI is InChI=1S/C29H30N4O2S/c1-2-22-8-11-24(12-9-22)28(35)31-29(36)30-25-13-15-26(16-14-25)32-18-20-33(21-19-32)27(34)17-10-23-6-4-3-5-7-23/h3-17H,2,18-21H2,1H3,(H2,30,31,35,36)/b17-10+. The summed E-state index contributed by atoms with van der Waals surface area (Å²) in [7, 11) is 0. The van der Waals surface area contributed by atoms with E-state index >= 15 is 0 Å². The van der Waals surface area contributed by atoms with Crippen LogP contribution in [0.5, 0.6) is 0 Å². The van der Waals surface area contributed by atoms with Crippen molar-refractivity contribution in [2.24, 2.45) is 0 Å². The summed E-state index contributed by atoms with van der Waals surface area (Å²) in [5.41, 5.74) is 4.65. The number of piperazine rings is 1. The maximum Gasteiger partial charge on any atom is 0.257 e. The molecule has 4 rings (SSSR count). The number of thiocarbonyl (C=S) groups is 1. The zero-order valence-electron chi connectivity index (χ0n) is 20.3. The first-order chi connectivity index (χ1) is 17.5. The highest BCUT2D eigenvalue weighted by molar-refractivity contribution is 7.80. The van der Waals surface area contributed by atoms with Crippen LogP contribution in [0.15, 0.2) is 84.9 Å². The van der Waals surface area contributed by atoms with E-state index in [1.165, 1.54) is 5.56 Å². The molecule has 0 radical (unpaired) electrons. The average molecular weight is 499 g/mol. The Bertz CT molecular complexity index is 1220. The van der Waals surface area contributed by atoms with E-state index in [4.69, 9.17) is 12.2 Å². The Morgan fingerprint density at radius 3 is 2.19 bits per heavy atom. The lowest BCUT2D eigenvalue weighted by molar-refractivity contribution is -0.126. The van der Waals surface area contributed by atoms with Crippen LogP contribution in [0, 0.1) is 0 Å². The van der Waals surface area contributed by atoms with Gasteiger partial charge in [0.15, 0.2) is 5.11 Å². The molecule has 0 spiro atoms. The highest BCUT2D eigenvalue weighted by Crippen LogP contribution is 2.20. The van der Waals surface area contributed by atoms with Crippen LogP contribution in [0.3, 0.4) is 0 Å². The molecule has 7 heteroatoms. The van der Waals surface area contributed by atoms with Gasteiger partial charge in [-0.2, -0.15) is 0 Å². The molecule has 0 bridgehead atoms. The number of nitrogens with zero attached hydrogens (tertiary/aromatic N) is 2. The summed E-state index contributed by atoms with van der Waals surface area (Å²) in [6.45, 7) is 4.96. The predicted molar refractivity (Wildman–Crippen MR) is 150 cm³/mol. The molecule has 1 aliphatic rings.